The third-order valence-corrected chi connectivity index (χ3v) is 4.12. The standard InChI is InChI=1S/C14H18BrNO/c15-11-3-7-13(8-4-11)17-14-2-1-9-16(10-14)12-5-6-12/h3-4,7-8,12,14H,1-2,5-6,9-10H2. The van der Waals surface area contributed by atoms with Crippen LogP contribution in [0, 0.1) is 0 Å². The van der Waals surface area contributed by atoms with E-state index in [2.05, 4.69) is 20.8 Å². The predicted octanol–water partition coefficient (Wildman–Crippen LogP) is 3.45. The molecule has 1 saturated heterocycles. The average molecular weight is 296 g/mol. The van der Waals surface area contributed by atoms with E-state index >= 15 is 0 Å². The number of piperidine rings is 1. The van der Waals surface area contributed by atoms with Crippen LogP contribution in [0.3, 0.4) is 0 Å². The van der Waals surface area contributed by atoms with Crippen LogP contribution in [0.15, 0.2) is 28.7 Å². The Morgan fingerprint density at radius 2 is 1.88 bits per heavy atom. The first kappa shape index (κ1) is 11.5. The summed E-state index contributed by atoms with van der Waals surface area (Å²) in [6.45, 7) is 2.38. The fraction of sp³-hybridized carbons (Fsp3) is 0.571. The maximum Gasteiger partial charge on any atom is 0.119 e. The van der Waals surface area contributed by atoms with Crippen molar-refractivity contribution in [3.05, 3.63) is 28.7 Å². The molecule has 0 spiro atoms. The highest BCUT2D eigenvalue weighted by Gasteiger charge is 2.33. The summed E-state index contributed by atoms with van der Waals surface area (Å²) in [5.41, 5.74) is 0. The molecule has 3 heteroatoms. The minimum absolute atomic E-state index is 0.380. The monoisotopic (exact) mass is 295 g/mol. The molecule has 92 valence electrons. The van der Waals surface area contributed by atoms with Crippen molar-refractivity contribution in [3.8, 4) is 5.75 Å². The Hall–Kier alpha value is -0.540. The van der Waals surface area contributed by atoms with Gasteiger partial charge in [-0.3, -0.25) is 4.90 Å². The molecule has 0 radical (unpaired) electrons. The maximum absolute atomic E-state index is 6.06. The van der Waals surface area contributed by atoms with Crippen molar-refractivity contribution in [1.82, 2.24) is 4.90 Å². The molecule has 1 atom stereocenters. The van der Waals surface area contributed by atoms with Crippen LogP contribution < -0.4 is 4.74 Å². The van der Waals surface area contributed by atoms with Gasteiger partial charge in [-0.1, -0.05) is 15.9 Å². The molecule has 0 bridgehead atoms. The van der Waals surface area contributed by atoms with E-state index in [1.54, 1.807) is 0 Å². The Labute approximate surface area is 111 Å². The average Bonchev–Trinajstić information content (AvgIpc) is 3.17. The van der Waals surface area contributed by atoms with Crippen molar-refractivity contribution in [2.45, 2.75) is 37.8 Å². The van der Waals surface area contributed by atoms with Crippen LogP contribution in [0.1, 0.15) is 25.7 Å². The minimum atomic E-state index is 0.380. The van der Waals surface area contributed by atoms with Crippen LogP contribution in [-0.4, -0.2) is 30.1 Å². The summed E-state index contributed by atoms with van der Waals surface area (Å²) in [7, 11) is 0. The molecule has 1 aliphatic carbocycles. The summed E-state index contributed by atoms with van der Waals surface area (Å²) < 4.78 is 7.16. The van der Waals surface area contributed by atoms with Crippen molar-refractivity contribution in [2.75, 3.05) is 13.1 Å². The number of rotatable bonds is 3. The highest BCUT2D eigenvalue weighted by molar-refractivity contribution is 9.10. The van der Waals surface area contributed by atoms with Crippen LogP contribution in [0.5, 0.6) is 5.75 Å². The van der Waals surface area contributed by atoms with E-state index in [4.69, 9.17) is 4.74 Å². The van der Waals surface area contributed by atoms with E-state index < -0.39 is 0 Å². The predicted molar refractivity (Wildman–Crippen MR) is 72.4 cm³/mol. The molecule has 0 N–H and O–H groups in total. The Morgan fingerprint density at radius 1 is 1.12 bits per heavy atom. The fourth-order valence-electron chi connectivity index (χ4n) is 2.54. The summed E-state index contributed by atoms with van der Waals surface area (Å²) in [6, 6.07) is 9.03. The lowest BCUT2D eigenvalue weighted by Gasteiger charge is -2.32. The number of likely N-dealkylation sites (tertiary alicyclic amines) is 1. The van der Waals surface area contributed by atoms with Crippen molar-refractivity contribution < 1.29 is 4.74 Å². The number of benzene rings is 1. The van der Waals surface area contributed by atoms with Gasteiger partial charge in [-0.2, -0.15) is 0 Å². The largest absolute Gasteiger partial charge is 0.489 e. The zero-order valence-corrected chi connectivity index (χ0v) is 11.5. The molecular weight excluding hydrogens is 278 g/mol. The molecule has 1 saturated carbocycles. The van der Waals surface area contributed by atoms with Crippen LogP contribution in [-0.2, 0) is 0 Å². The fourth-order valence-corrected chi connectivity index (χ4v) is 2.80. The Morgan fingerprint density at radius 3 is 2.59 bits per heavy atom. The van der Waals surface area contributed by atoms with Crippen molar-refractivity contribution >= 4 is 15.9 Å². The number of hydrogen-bond acceptors (Lipinski definition) is 2. The molecule has 1 aromatic carbocycles. The van der Waals surface area contributed by atoms with E-state index in [1.807, 2.05) is 24.3 Å². The molecular formula is C14H18BrNO. The molecule has 1 heterocycles. The maximum atomic E-state index is 6.06. The first-order chi connectivity index (χ1) is 8.31. The van der Waals surface area contributed by atoms with Gasteiger partial charge in [-0.05, 0) is 56.5 Å². The van der Waals surface area contributed by atoms with Gasteiger partial charge in [-0.25, -0.2) is 0 Å². The highest BCUT2D eigenvalue weighted by Crippen LogP contribution is 2.30. The smallest absolute Gasteiger partial charge is 0.119 e. The van der Waals surface area contributed by atoms with Gasteiger partial charge in [-0.15, -0.1) is 0 Å². The summed E-state index contributed by atoms with van der Waals surface area (Å²) in [6.07, 6.45) is 5.64. The number of halogens is 1. The Kier molecular flexibility index (Phi) is 3.39. The van der Waals surface area contributed by atoms with Gasteiger partial charge in [0, 0.05) is 17.1 Å². The van der Waals surface area contributed by atoms with Gasteiger partial charge >= 0.3 is 0 Å². The first-order valence-electron chi connectivity index (χ1n) is 6.47. The van der Waals surface area contributed by atoms with Crippen LogP contribution in [0.4, 0.5) is 0 Å². The molecule has 1 unspecified atom stereocenters. The van der Waals surface area contributed by atoms with E-state index in [-0.39, 0.29) is 0 Å². The molecule has 1 aliphatic heterocycles. The lowest BCUT2D eigenvalue weighted by molar-refractivity contribution is 0.0839. The summed E-state index contributed by atoms with van der Waals surface area (Å²) >= 11 is 3.44. The minimum Gasteiger partial charge on any atom is -0.489 e. The lowest BCUT2D eigenvalue weighted by Crippen LogP contribution is -2.42. The van der Waals surface area contributed by atoms with Crippen molar-refractivity contribution in [1.29, 1.82) is 0 Å². The van der Waals surface area contributed by atoms with E-state index in [0.29, 0.717) is 6.10 Å². The number of hydrogen-bond donors (Lipinski definition) is 0. The topological polar surface area (TPSA) is 12.5 Å². The normalized spacial score (nSPS) is 25.8. The van der Waals surface area contributed by atoms with E-state index in [0.717, 1.165) is 22.8 Å². The van der Waals surface area contributed by atoms with Gasteiger partial charge in [0.05, 0.1) is 0 Å². The lowest BCUT2D eigenvalue weighted by atomic mass is 10.1. The van der Waals surface area contributed by atoms with Gasteiger partial charge in [0.15, 0.2) is 0 Å². The quantitative estimate of drug-likeness (QED) is 0.847. The molecule has 2 fully saturated rings. The van der Waals surface area contributed by atoms with Gasteiger partial charge in [0.25, 0.3) is 0 Å². The first-order valence-corrected chi connectivity index (χ1v) is 7.27. The Balaban J connectivity index is 1.58. The number of ether oxygens (including phenoxy) is 1. The number of nitrogens with zero attached hydrogens (tertiary/aromatic N) is 1. The summed E-state index contributed by atoms with van der Waals surface area (Å²) in [4.78, 5) is 2.60. The van der Waals surface area contributed by atoms with Crippen LogP contribution in [0.2, 0.25) is 0 Å². The zero-order valence-electron chi connectivity index (χ0n) is 9.94. The van der Waals surface area contributed by atoms with Crippen molar-refractivity contribution in [2.24, 2.45) is 0 Å². The molecule has 2 nitrogen and oxygen atoms in total. The SMILES string of the molecule is Brc1ccc(OC2CCCN(C3CC3)C2)cc1. The summed E-state index contributed by atoms with van der Waals surface area (Å²) in [5, 5.41) is 0. The van der Waals surface area contributed by atoms with E-state index in [9.17, 15) is 0 Å². The molecule has 17 heavy (non-hydrogen) atoms. The second-order valence-electron chi connectivity index (χ2n) is 5.06. The zero-order chi connectivity index (χ0) is 11.7. The summed E-state index contributed by atoms with van der Waals surface area (Å²) in [5.74, 6) is 0.996. The van der Waals surface area contributed by atoms with Crippen LogP contribution in [0.25, 0.3) is 0 Å². The van der Waals surface area contributed by atoms with E-state index in [1.165, 1.54) is 32.2 Å². The highest BCUT2D eigenvalue weighted by atomic mass is 79.9. The molecule has 2 aliphatic rings. The molecule has 1 aromatic rings. The second-order valence-corrected chi connectivity index (χ2v) is 5.98. The molecule has 0 aromatic heterocycles. The van der Waals surface area contributed by atoms with Gasteiger partial charge in [0.1, 0.15) is 11.9 Å². The third-order valence-electron chi connectivity index (χ3n) is 3.59. The van der Waals surface area contributed by atoms with Crippen LogP contribution >= 0.6 is 15.9 Å². The third kappa shape index (κ3) is 3.02. The van der Waals surface area contributed by atoms with Gasteiger partial charge < -0.3 is 4.74 Å². The van der Waals surface area contributed by atoms with Gasteiger partial charge in [0.2, 0.25) is 0 Å². The molecule has 3 rings (SSSR count). The second kappa shape index (κ2) is 4.99. The molecule has 0 amide bonds. The van der Waals surface area contributed by atoms with Crippen molar-refractivity contribution in [3.63, 3.8) is 0 Å². The Bertz CT molecular complexity index is 374.